The first kappa shape index (κ1) is 36.6. The van der Waals surface area contributed by atoms with Crippen LogP contribution in [0.3, 0.4) is 0 Å². The number of nitrogens with zero attached hydrogens (tertiary/aromatic N) is 2. The van der Waals surface area contributed by atoms with E-state index in [0.717, 1.165) is 80.4 Å². The lowest BCUT2D eigenvalue weighted by Gasteiger charge is -2.33. The topological polar surface area (TPSA) is 62.6 Å². The average molecular weight is 617 g/mol. The molecule has 1 aliphatic heterocycles. The van der Waals surface area contributed by atoms with Crippen molar-refractivity contribution in [3.63, 3.8) is 0 Å². The highest BCUT2D eigenvalue weighted by molar-refractivity contribution is 6.00. The number of Topliss-reactive ketones (excluding diaryl/α,β-unsaturated/α-hetero) is 1. The molecule has 0 N–H and O–H groups in total. The van der Waals surface area contributed by atoms with Crippen LogP contribution in [-0.4, -0.2) is 44.5 Å². The monoisotopic (exact) mass is 616 g/mol. The van der Waals surface area contributed by atoms with Gasteiger partial charge in [0.25, 0.3) is 0 Å². The largest absolute Gasteiger partial charge is 0.493 e. The maximum atomic E-state index is 13.5. The van der Waals surface area contributed by atoms with Crippen LogP contribution in [0.1, 0.15) is 136 Å². The van der Waals surface area contributed by atoms with Gasteiger partial charge in [0.1, 0.15) is 0 Å². The zero-order valence-corrected chi connectivity index (χ0v) is 29.3. The number of carbonyl (C=O) groups is 1. The number of likely N-dealkylation sites (tertiary alicyclic amines) is 1. The number of benzene rings is 2. The third-order valence-electron chi connectivity index (χ3n) is 10.1. The number of unbranched alkanes of at least 4 members (excludes halogenated alkanes) is 9. The minimum Gasteiger partial charge on any atom is -0.493 e. The fraction of sp³-hybridized carbons (Fsp3) is 0.650. The zero-order chi connectivity index (χ0) is 32.7. The van der Waals surface area contributed by atoms with E-state index < -0.39 is 5.41 Å². The summed E-state index contributed by atoms with van der Waals surface area (Å²) < 4.78 is 11.1. The van der Waals surface area contributed by atoms with Crippen LogP contribution < -0.4 is 9.47 Å². The minimum absolute atomic E-state index is 0.0997. The highest BCUT2D eigenvalue weighted by Crippen LogP contribution is 2.39. The summed E-state index contributed by atoms with van der Waals surface area (Å²) in [6.45, 7) is 11.3. The Morgan fingerprint density at radius 1 is 0.822 bits per heavy atom. The summed E-state index contributed by atoms with van der Waals surface area (Å²) in [7, 11) is 3.31. The number of methoxy groups -OCH3 is 2. The van der Waals surface area contributed by atoms with E-state index in [1.807, 2.05) is 12.1 Å². The zero-order valence-electron chi connectivity index (χ0n) is 29.3. The molecule has 45 heavy (non-hydrogen) atoms. The molecule has 0 amide bonds. The number of hydrogen-bond donors (Lipinski definition) is 0. The minimum atomic E-state index is -0.547. The number of hydrogen-bond acceptors (Lipinski definition) is 5. The summed E-state index contributed by atoms with van der Waals surface area (Å²) in [5, 5.41) is 10.7. The van der Waals surface area contributed by atoms with Crippen molar-refractivity contribution in [2.75, 3.05) is 33.9 Å². The first-order valence-electron chi connectivity index (χ1n) is 17.8. The second-order valence-corrected chi connectivity index (χ2v) is 13.6. The molecule has 1 aliphatic rings. The Morgan fingerprint density at radius 2 is 1.38 bits per heavy atom. The summed E-state index contributed by atoms with van der Waals surface area (Å²) in [4.78, 5) is 16.0. The predicted octanol–water partition coefficient (Wildman–Crippen LogP) is 10.1. The number of carbonyl (C=O) groups excluding carboxylic acids is 1. The fourth-order valence-corrected chi connectivity index (χ4v) is 7.43. The van der Waals surface area contributed by atoms with Crippen LogP contribution in [0.5, 0.6) is 11.5 Å². The van der Waals surface area contributed by atoms with Crippen LogP contribution in [0.4, 0.5) is 0 Å². The van der Waals surface area contributed by atoms with Crippen molar-refractivity contribution < 1.29 is 14.3 Å². The predicted molar refractivity (Wildman–Crippen MR) is 187 cm³/mol. The van der Waals surface area contributed by atoms with Gasteiger partial charge in [-0.15, -0.1) is 0 Å². The average Bonchev–Trinajstić information content (AvgIpc) is 3.04. The Morgan fingerprint density at radius 3 is 1.93 bits per heavy atom. The third kappa shape index (κ3) is 10.6. The normalized spacial score (nSPS) is 15.4. The SMILES string of the molecule is CCCCCCCCCCCCC(C#N)(CCCN1CCC(C(=O)c2c(C)cc(C)cc2C)CC1)c1ccc(OC)c(OC)c1. The first-order valence-corrected chi connectivity index (χ1v) is 17.8. The number of aryl methyl sites for hydroxylation is 3. The lowest BCUT2D eigenvalue weighted by molar-refractivity contribution is 0.0836. The van der Waals surface area contributed by atoms with Gasteiger partial charge >= 0.3 is 0 Å². The van der Waals surface area contributed by atoms with Crippen molar-refractivity contribution >= 4 is 5.78 Å². The molecule has 1 heterocycles. The first-order chi connectivity index (χ1) is 21.8. The van der Waals surface area contributed by atoms with Crippen molar-refractivity contribution in [2.45, 2.75) is 129 Å². The smallest absolute Gasteiger partial charge is 0.166 e. The Kier molecular flexibility index (Phi) is 15.4. The van der Waals surface area contributed by atoms with Gasteiger partial charge < -0.3 is 14.4 Å². The van der Waals surface area contributed by atoms with Crippen LogP contribution in [0.2, 0.25) is 0 Å². The molecule has 5 nitrogen and oxygen atoms in total. The highest BCUT2D eigenvalue weighted by Gasteiger charge is 2.33. The van der Waals surface area contributed by atoms with Gasteiger partial charge in [-0.25, -0.2) is 0 Å². The molecule has 0 spiro atoms. The molecule has 0 aromatic heterocycles. The van der Waals surface area contributed by atoms with Gasteiger partial charge in [-0.2, -0.15) is 5.26 Å². The molecule has 1 unspecified atom stereocenters. The van der Waals surface area contributed by atoms with E-state index in [1.54, 1.807) is 14.2 Å². The van der Waals surface area contributed by atoms with E-state index in [4.69, 9.17) is 9.47 Å². The number of nitriles is 1. The molecular weight excluding hydrogens is 556 g/mol. The highest BCUT2D eigenvalue weighted by atomic mass is 16.5. The second-order valence-electron chi connectivity index (χ2n) is 13.6. The van der Waals surface area contributed by atoms with E-state index in [2.05, 4.69) is 56.9 Å². The van der Waals surface area contributed by atoms with Crippen LogP contribution in [0.15, 0.2) is 30.3 Å². The molecule has 2 aromatic carbocycles. The van der Waals surface area contributed by atoms with Crippen molar-refractivity contribution in [1.82, 2.24) is 4.90 Å². The van der Waals surface area contributed by atoms with E-state index in [1.165, 1.54) is 63.4 Å². The van der Waals surface area contributed by atoms with Crippen molar-refractivity contribution in [3.05, 3.63) is 58.1 Å². The third-order valence-corrected chi connectivity index (χ3v) is 10.1. The standard InChI is InChI=1S/C40H60N2O3/c1-7-8-9-10-11-12-13-14-15-16-22-40(30-41,35-18-19-36(44-5)37(29-35)45-6)23-17-24-42-25-20-34(21-26-42)39(43)38-32(3)27-31(2)28-33(38)4/h18-19,27-29,34H,7-17,20-26H2,1-6H3. The second kappa shape index (κ2) is 19.0. The Bertz CT molecular complexity index is 1220. The molecular formula is C40H60N2O3. The van der Waals surface area contributed by atoms with Crippen molar-refractivity contribution in [2.24, 2.45) is 5.92 Å². The van der Waals surface area contributed by atoms with Crippen molar-refractivity contribution in [1.29, 1.82) is 5.26 Å². The molecule has 1 saturated heterocycles. The fourth-order valence-electron chi connectivity index (χ4n) is 7.43. The molecule has 1 fully saturated rings. The van der Waals surface area contributed by atoms with Crippen molar-refractivity contribution in [3.8, 4) is 17.6 Å². The number of ether oxygens (including phenoxy) is 2. The summed E-state index contributed by atoms with van der Waals surface area (Å²) in [5.74, 6) is 1.80. The van der Waals surface area contributed by atoms with Crippen LogP contribution >= 0.6 is 0 Å². The van der Waals surface area contributed by atoms with Gasteiger partial charge in [0.05, 0.1) is 25.7 Å². The Hall–Kier alpha value is -2.84. The molecule has 3 rings (SSSR count). The van der Waals surface area contributed by atoms with Gasteiger partial charge in [-0.05, 0) is 101 Å². The van der Waals surface area contributed by atoms with Gasteiger partial charge in [0.15, 0.2) is 17.3 Å². The molecule has 0 bridgehead atoms. The van der Waals surface area contributed by atoms with Gasteiger partial charge in [0.2, 0.25) is 0 Å². The molecule has 2 aromatic rings. The molecule has 1 atom stereocenters. The van der Waals surface area contributed by atoms with Gasteiger partial charge in [-0.3, -0.25) is 4.79 Å². The summed E-state index contributed by atoms with van der Waals surface area (Å²) >= 11 is 0. The van der Waals surface area contributed by atoms with E-state index in [-0.39, 0.29) is 5.92 Å². The van der Waals surface area contributed by atoms with Gasteiger partial charge in [-0.1, -0.05) is 94.9 Å². The quantitative estimate of drug-likeness (QED) is 0.109. The summed E-state index contributed by atoms with van der Waals surface area (Å²) in [6.07, 6.45) is 17.3. The lowest BCUT2D eigenvalue weighted by Crippen LogP contribution is -2.37. The summed E-state index contributed by atoms with van der Waals surface area (Å²) in [6, 6.07) is 13.1. The summed E-state index contributed by atoms with van der Waals surface area (Å²) in [5.41, 5.74) is 4.84. The molecule has 248 valence electrons. The number of ketones is 1. The van der Waals surface area contributed by atoms with Gasteiger partial charge in [0, 0.05) is 11.5 Å². The Labute approximate surface area is 274 Å². The van der Waals surface area contributed by atoms with Crippen LogP contribution in [0, 0.1) is 38.0 Å². The van der Waals surface area contributed by atoms with E-state index in [9.17, 15) is 10.1 Å². The molecule has 0 radical (unpaired) electrons. The van der Waals surface area contributed by atoms with Crippen LogP contribution in [-0.2, 0) is 5.41 Å². The lowest BCUT2D eigenvalue weighted by atomic mass is 9.74. The number of piperidine rings is 1. The molecule has 5 heteroatoms. The molecule has 0 saturated carbocycles. The maximum absolute atomic E-state index is 13.5. The van der Waals surface area contributed by atoms with E-state index in [0.29, 0.717) is 17.3 Å². The number of rotatable bonds is 20. The Balaban J connectivity index is 1.57. The van der Waals surface area contributed by atoms with Crippen LogP contribution in [0.25, 0.3) is 0 Å². The molecule has 0 aliphatic carbocycles. The maximum Gasteiger partial charge on any atom is 0.166 e. The van der Waals surface area contributed by atoms with E-state index >= 15 is 0 Å².